The summed E-state index contributed by atoms with van der Waals surface area (Å²) in [5, 5.41) is 12.3. The lowest BCUT2D eigenvalue weighted by atomic mass is 9.93. The summed E-state index contributed by atoms with van der Waals surface area (Å²) in [6.07, 6.45) is 7.10. The maximum atomic E-state index is 8.18. The zero-order valence-corrected chi connectivity index (χ0v) is 10.2. The highest BCUT2D eigenvalue weighted by atomic mass is 15.3. The predicted octanol–water partition coefficient (Wildman–Crippen LogP) is 0.0587. The van der Waals surface area contributed by atoms with E-state index in [1.54, 1.807) is 19.3 Å². The van der Waals surface area contributed by atoms with Gasteiger partial charge in [-0.2, -0.15) is 5.10 Å². The van der Waals surface area contributed by atoms with Crippen LogP contribution in [-0.2, 0) is 0 Å². The van der Waals surface area contributed by atoms with Crippen molar-refractivity contribution in [1.29, 1.82) is 5.41 Å². The molecule has 0 fully saturated rings. The van der Waals surface area contributed by atoms with Gasteiger partial charge in [-0.25, -0.2) is 4.98 Å². The maximum absolute atomic E-state index is 8.18. The van der Waals surface area contributed by atoms with E-state index >= 15 is 0 Å². The molecule has 92 valence electrons. The Morgan fingerprint density at radius 1 is 1.67 bits per heavy atom. The van der Waals surface area contributed by atoms with Gasteiger partial charge in [0.15, 0.2) is 0 Å². The molecule has 4 N–H and O–H groups in total. The Balaban J connectivity index is 2.68. The number of nitrogens with one attached hydrogen (secondary N) is 2. The van der Waals surface area contributed by atoms with Gasteiger partial charge in [-0.15, -0.1) is 6.42 Å². The van der Waals surface area contributed by atoms with Gasteiger partial charge in [0.2, 0.25) is 0 Å². The van der Waals surface area contributed by atoms with E-state index in [1.807, 2.05) is 11.9 Å². The van der Waals surface area contributed by atoms with Crippen LogP contribution in [0.2, 0.25) is 0 Å². The molecular weight excluding hydrogens is 228 g/mol. The molecule has 0 aliphatic carbocycles. The number of hydrogen-bond donors (Lipinski definition) is 3. The highest BCUT2D eigenvalue weighted by molar-refractivity contribution is 6.52. The predicted molar refractivity (Wildman–Crippen MR) is 73.0 cm³/mol. The molecule has 6 heteroatoms. The van der Waals surface area contributed by atoms with Crippen molar-refractivity contribution < 1.29 is 0 Å². The highest BCUT2D eigenvalue weighted by Crippen LogP contribution is 2.31. The van der Waals surface area contributed by atoms with E-state index in [2.05, 4.69) is 21.4 Å². The molecule has 2 rings (SSSR count). The molecule has 0 aromatic carbocycles. The lowest BCUT2D eigenvalue weighted by molar-refractivity contribution is 0.867. The van der Waals surface area contributed by atoms with Crippen LogP contribution in [0.4, 0.5) is 11.5 Å². The molecule has 0 spiro atoms. The van der Waals surface area contributed by atoms with Gasteiger partial charge in [-0.05, 0) is 6.07 Å². The Kier molecular flexibility index (Phi) is 2.90. The van der Waals surface area contributed by atoms with Gasteiger partial charge in [-0.1, -0.05) is 5.92 Å². The Labute approximate surface area is 105 Å². The van der Waals surface area contributed by atoms with E-state index in [1.165, 1.54) is 0 Å². The van der Waals surface area contributed by atoms with E-state index in [-0.39, 0.29) is 5.71 Å². The SMILES string of the molecule is C#C[C@@H]1/C(=N/NC)C(=N)c2ccnc(N)c2N1C. The van der Waals surface area contributed by atoms with Gasteiger partial charge in [-0.3, -0.25) is 5.41 Å². The number of nitrogens with zero attached hydrogens (tertiary/aromatic N) is 3. The third kappa shape index (κ3) is 1.57. The van der Waals surface area contributed by atoms with Crippen molar-refractivity contribution in [2.45, 2.75) is 6.04 Å². The van der Waals surface area contributed by atoms with E-state index in [0.29, 0.717) is 22.8 Å². The number of anilines is 2. The first-order valence-corrected chi connectivity index (χ1v) is 5.38. The van der Waals surface area contributed by atoms with Crippen molar-refractivity contribution in [3.63, 3.8) is 0 Å². The molecule has 1 atom stereocenters. The minimum Gasteiger partial charge on any atom is -0.382 e. The molecule has 1 aliphatic heterocycles. The summed E-state index contributed by atoms with van der Waals surface area (Å²) in [4.78, 5) is 5.84. The molecule has 0 amide bonds. The smallest absolute Gasteiger partial charge is 0.147 e. The molecule has 6 nitrogen and oxygen atoms in total. The molecule has 1 aliphatic rings. The third-order valence-corrected chi connectivity index (χ3v) is 2.87. The zero-order chi connectivity index (χ0) is 13.3. The normalized spacial score (nSPS) is 20.5. The second-order valence-electron chi connectivity index (χ2n) is 3.87. The standard InChI is InChI=1S/C12H14N6/c1-4-8-10(17-15-2)9(13)7-5-6-16-12(14)11(7)18(8)3/h1,5-6,8,13,15H,2-3H3,(H2,14,16)/b13-9?,17-10-/t8-/m1/s1. The molecule has 0 unspecified atom stereocenters. The molecule has 0 saturated heterocycles. The van der Waals surface area contributed by atoms with Gasteiger partial charge < -0.3 is 16.1 Å². The fourth-order valence-corrected chi connectivity index (χ4v) is 2.06. The van der Waals surface area contributed by atoms with Gasteiger partial charge in [0, 0.05) is 25.9 Å². The lowest BCUT2D eigenvalue weighted by Gasteiger charge is -2.34. The molecule has 0 bridgehead atoms. The third-order valence-electron chi connectivity index (χ3n) is 2.87. The van der Waals surface area contributed by atoms with Crippen LogP contribution in [0.1, 0.15) is 5.56 Å². The summed E-state index contributed by atoms with van der Waals surface area (Å²) in [5.74, 6) is 2.98. The Bertz CT molecular complexity index is 568. The zero-order valence-electron chi connectivity index (χ0n) is 10.2. The minimum atomic E-state index is -0.427. The monoisotopic (exact) mass is 242 g/mol. The summed E-state index contributed by atoms with van der Waals surface area (Å²) in [7, 11) is 3.49. The lowest BCUT2D eigenvalue weighted by Crippen LogP contribution is -2.47. The van der Waals surface area contributed by atoms with Crippen molar-refractivity contribution in [3.8, 4) is 12.3 Å². The summed E-state index contributed by atoms with van der Waals surface area (Å²) >= 11 is 0. The average molecular weight is 242 g/mol. The van der Waals surface area contributed by atoms with Crippen LogP contribution in [0.5, 0.6) is 0 Å². The van der Waals surface area contributed by atoms with Crippen LogP contribution in [0.15, 0.2) is 17.4 Å². The molecule has 0 saturated carbocycles. The van der Waals surface area contributed by atoms with Crippen molar-refractivity contribution in [3.05, 3.63) is 17.8 Å². The summed E-state index contributed by atoms with van der Waals surface area (Å²) in [6.45, 7) is 0. The van der Waals surface area contributed by atoms with Crippen molar-refractivity contribution in [2.24, 2.45) is 5.10 Å². The Morgan fingerprint density at radius 3 is 3.00 bits per heavy atom. The van der Waals surface area contributed by atoms with Gasteiger partial charge in [0.1, 0.15) is 17.6 Å². The number of rotatable bonds is 1. The quantitative estimate of drug-likeness (QED) is 0.480. The van der Waals surface area contributed by atoms with Crippen molar-refractivity contribution in [1.82, 2.24) is 10.4 Å². The van der Waals surface area contributed by atoms with Crippen molar-refractivity contribution in [2.75, 3.05) is 24.7 Å². The molecule has 1 aromatic rings. The Morgan fingerprint density at radius 2 is 2.39 bits per heavy atom. The number of nitrogens with two attached hydrogens (primary N) is 1. The van der Waals surface area contributed by atoms with E-state index < -0.39 is 6.04 Å². The first-order valence-electron chi connectivity index (χ1n) is 5.38. The van der Waals surface area contributed by atoms with Crippen LogP contribution in [0.25, 0.3) is 0 Å². The molecule has 0 radical (unpaired) electrons. The minimum absolute atomic E-state index is 0.273. The van der Waals surface area contributed by atoms with Gasteiger partial charge >= 0.3 is 0 Å². The van der Waals surface area contributed by atoms with Crippen LogP contribution in [0, 0.1) is 17.8 Å². The highest BCUT2D eigenvalue weighted by Gasteiger charge is 2.33. The largest absolute Gasteiger partial charge is 0.382 e. The number of fused-ring (bicyclic) bond motifs is 1. The van der Waals surface area contributed by atoms with Gasteiger partial charge in [0.25, 0.3) is 0 Å². The molecular formula is C12H14N6. The first kappa shape index (κ1) is 11.9. The summed E-state index contributed by atoms with van der Waals surface area (Å²) in [6, 6.07) is 1.31. The molecule has 18 heavy (non-hydrogen) atoms. The van der Waals surface area contributed by atoms with E-state index in [9.17, 15) is 0 Å². The van der Waals surface area contributed by atoms with E-state index in [4.69, 9.17) is 17.6 Å². The number of hydrogen-bond acceptors (Lipinski definition) is 6. The van der Waals surface area contributed by atoms with Crippen LogP contribution in [-0.4, -0.2) is 36.5 Å². The number of nitrogen functional groups attached to an aromatic ring is 1. The Hall–Kier alpha value is -2.55. The maximum Gasteiger partial charge on any atom is 0.147 e. The van der Waals surface area contributed by atoms with Crippen LogP contribution in [0.3, 0.4) is 0 Å². The second-order valence-corrected chi connectivity index (χ2v) is 3.87. The number of terminal acetylenes is 1. The number of hydrazone groups is 1. The van der Waals surface area contributed by atoms with Crippen LogP contribution < -0.4 is 16.1 Å². The average Bonchev–Trinajstić information content (AvgIpc) is 2.36. The topological polar surface area (TPSA) is 90.4 Å². The fourth-order valence-electron chi connectivity index (χ4n) is 2.06. The van der Waals surface area contributed by atoms with E-state index in [0.717, 1.165) is 0 Å². The molecule has 2 heterocycles. The first-order chi connectivity index (χ1) is 8.61. The van der Waals surface area contributed by atoms with Gasteiger partial charge in [0.05, 0.1) is 11.4 Å². The second kappa shape index (κ2) is 4.37. The number of aromatic nitrogens is 1. The molecule has 1 aromatic heterocycles. The summed E-state index contributed by atoms with van der Waals surface area (Å²) < 4.78 is 0. The fraction of sp³-hybridized carbons (Fsp3) is 0.250. The van der Waals surface area contributed by atoms with Crippen LogP contribution >= 0.6 is 0 Å². The summed E-state index contributed by atoms with van der Waals surface area (Å²) in [5.41, 5.74) is 10.7. The van der Waals surface area contributed by atoms with Crippen molar-refractivity contribution >= 4 is 22.9 Å². The number of pyridine rings is 1.